The molecule has 106 valence electrons. The summed E-state index contributed by atoms with van der Waals surface area (Å²) in [4.78, 5) is 4.30. The van der Waals surface area contributed by atoms with Crippen molar-refractivity contribution in [3.8, 4) is 0 Å². The molecular weight excluding hydrogens is 262 g/mol. The van der Waals surface area contributed by atoms with E-state index in [0.717, 1.165) is 6.42 Å². The normalized spacial score (nSPS) is 16.1. The Morgan fingerprint density at radius 1 is 1.42 bits per heavy atom. The topological polar surface area (TPSA) is 71.1 Å². The first-order valence-electron chi connectivity index (χ1n) is 6.82. The lowest BCUT2D eigenvalue weighted by molar-refractivity contribution is 0.297. The van der Waals surface area contributed by atoms with Crippen LogP contribution in [0.4, 0.5) is 5.82 Å². The maximum absolute atomic E-state index is 12.2. The van der Waals surface area contributed by atoms with Crippen LogP contribution in [0.1, 0.15) is 32.6 Å². The summed E-state index contributed by atoms with van der Waals surface area (Å²) in [6, 6.07) is 3.22. The molecule has 0 amide bonds. The van der Waals surface area contributed by atoms with Gasteiger partial charge in [0.2, 0.25) is 10.0 Å². The number of rotatable bonds is 7. The van der Waals surface area contributed by atoms with E-state index in [1.807, 2.05) is 6.92 Å². The molecular formula is C13H21N3O2S. The maximum atomic E-state index is 12.2. The predicted octanol–water partition coefficient (Wildman–Crippen LogP) is 1.98. The van der Waals surface area contributed by atoms with Crippen molar-refractivity contribution in [3.63, 3.8) is 0 Å². The van der Waals surface area contributed by atoms with Crippen molar-refractivity contribution in [2.24, 2.45) is 5.92 Å². The average Bonchev–Trinajstić information content (AvgIpc) is 2.33. The molecule has 1 fully saturated rings. The van der Waals surface area contributed by atoms with E-state index in [9.17, 15) is 8.42 Å². The van der Waals surface area contributed by atoms with Crippen molar-refractivity contribution < 1.29 is 8.42 Å². The number of hydrogen-bond acceptors (Lipinski definition) is 4. The molecule has 0 aliphatic heterocycles. The third-order valence-corrected chi connectivity index (χ3v) is 4.97. The van der Waals surface area contributed by atoms with Crippen LogP contribution in [0, 0.1) is 5.92 Å². The van der Waals surface area contributed by atoms with Crippen LogP contribution in [0.15, 0.2) is 23.2 Å². The second kappa shape index (κ2) is 6.34. The summed E-state index contributed by atoms with van der Waals surface area (Å²) in [7, 11) is -3.47. The quantitative estimate of drug-likeness (QED) is 0.802. The highest BCUT2D eigenvalue weighted by Gasteiger charge is 2.21. The fourth-order valence-corrected chi connectivity index (χ4v) is 3.34. The standard InChI is InChI=1S/C13H21N3O2S/c1-2-14-13-12(7-4-9-15-13)19(17,18)16-10-8-11-5-3-6-11/h4,7,9,11,16H,2-3,5-6,8,10H2,1H3,(H,14,15). The van der Waals surface area contributed by atoms with E-state index in [0.29, 0.717) is 24.8 Å². The number of aromatic nitrogens is 1. The Bertz CT molecular complexity index is 512. The Balaban J connectivity index is 2.01. The largest absolute Gasteiger partial charge is 0.369 e. The second-order valence-corrected chi connectivity index (χ2v) is 6.60. The van der Waals surface area contributed by atoms with E-state index in [1.165, 1.54) is 19.3 Å². The Morgan fingerprint density at radius 3 is 2.84 bits per heavy atom. The number of pyridine rings is 1. The molecule has 1 aromatic rings. The van der Waals surface area contributed by atoms with Crippen LogP contribution in [-0.4, -0.2) is 26.5 Å². The minimum Gasteiger partial charge on any atom is -0.369 e. The van der Waals surface area contributed by atoms with Gasteiger partial charge in [-0.2, -0.15) is 0 Å². The molecule has 5 nitrogen and oxygen atoms in total. The fourth-order valence-electron chi connectivity index (χ4n) is 2.16. The van der Waals surface area contributed by atoms with Crippen LogP contribution >= 0.6 is 0 Å². The molecule has 2 N–H and O–H groups in total. The minimum atomic E-state index is -3.47. The van der Waals surface area contributed by atoms with Gasteiger partial charge in [-0.15, -0.1) is 0 Å². The van der Waals surface area contributed by atoms with Crippen molar-refractivity contribution in [3.05, 3.63) is 18.3 Å². The summed E-state index contributed by atoms with van der Waals surface area (Å²) in [5.74, 6) is 1.12. The summed E-state index contributed by atoms with van der Waals surface area (Å²) >= 11 is 0. The van der Waals surface area contributed by atoms with Gasteiger partial charge in [0.25, 0.3) is 0 Å². The predicted molar refractivity (Wildman–Crippen MR) is 75.5 cm³/mol. The van der Waals surface area contributed by atoms with Crippen LogP contribution < -0.4 is 10.0 Å². The van der Waals surface area contributed by atoms with Gasteiger partial charge in [-0.3, -0.25) is 0 Å². The van der Waals surface area contributed by atoms with E-state index in [2.05, 4.69) is 15.0 Å². The number of nitrogens with zero attached hydrogens (tertiary/aromatic N) is 1. The number of anilines is 1. The van der Waals surface area contributed by atoms with E-state index in [-0.39, 0.29) is 4.90 Å². The third-order valence-electron chi connectivity index (χ3n) is 3.47. The van der Waals surface area contributed by atoms with Gasteiger partial charge >= 0.3 is 0 Å². The Morgan fingerprint density at radius 2 is 2.21 bits per heavy atom. The zero-order valence-corrected chi connectivity index (χ0v) is 12.0. The van der Waals surface area contributed by atoms with Gasteiger partial charge in [0.1, 0.15) is 10.7 Å². The lowest BCUT2D eigenvalue weighted by atomic mass is 9.83. The van der Waals surface area contributed by atoms with Gasteiger partial charge in [-0.1, -0.05) is 19.3 Å². The lowest BCUT2D eigenvalue weighted by Gasteiger charge is -2.25. The van der Waals surface area contributed by atoms with Crippen molar-refractivity contribution in [1.82, 2.24) is 9.71 Å². The highest BCUT2D eigenvalue weighted by molar-refractivity contribution is 7.89. The van der Waals surface area contributed by atoms with E-state index >= 15 is 0 Å². The van der Waals surface area contributed by atoms with Gasteiger partial charge in [-0.05, 0) is 31.4 Å². The Kier molecular flexibility index (Phi) is 4.76. The molecule has 1 aliphatic rings. The molecule has 0 spiro atoms. The molecule has 0 atom stereocenters. The van der Waals surface area contributed by atoms with Crippen LogP contribution in [0.5, 0.6) is 0 Å². The SMILES string of the molecule is CCNc1ncccc1S(=O)(=O)NCCC1CCC1. The maximum Gasteiger partial charge on any atom is 0.244 e. The van der Waals surface area contributed by atoms with Gasteiger partial charge in [-0.25, -0.2) is 18.1 Å². The van der Waals surface area contributed by atoms with Crippen molar-refractivity contribution >= 4 is 15.8 Å². The van der Waals surface area contributed by atoms with Crippen LogP contribution in [0.25, 0.3) is 0 Å². The third kappa shape index (κ3) is 3.67. The molecule has 19 heavy (non-hydrogen) atoms. The van der Waals surface area contributed by atoms with Crippen molar-refractivity contribution in [2.45, 2.75) is 37.5 Å². The van der Waals surface area contributed by atoms with Crippen molar-refractivity contribution in [2.75, 3.05) is 18.4 Å². The Labute approximate surface area is 114 Å². The first-order valence-corrected chi connectivity index (χ1v) is 8.30. The highest BCUT2D eigenvalue weighted by atomic mass is 32.2. The van der Waals surface area contributed by atoms with E-state index < -0.39 is 10.0 Å². The molecule has 2 rings (SSSR count). The molecule has 1 heterocycles. The zero-order chi connectivity index (χ0) is 13.7. The van der Waals surface area contributed by atoms with Crippen LogP contribution in [0.2, 0.25) is 0 Å². The van der Waals surface area contributed by atoms with E-state index in [4.69, 9.17) is 0 Å². The monoisotopic (exact) mass is 283 g/mol. The Hall–Kier alpha value is -1.14. The summed E-state index contributed by atoms with van der Waals surface area (Å²) in [5, 5.41) is 2.97. The van der Waals surface area contributed by atoms with Gasteiger partial charge in [0, 0.05) is 19.3 Å². The first kappa shape index (κ1) is 14.3. The summed E-state index contributed by atoms with van der Waals surface area (Å²) in [6.45, 7) is 3.06. The number of nitrogens with one attached hydrogen (secondary N) is 2. The smallest absolute Gasteiger partial charge is 0.244 e. The molecule has 0 unspecified atom stereocenters. The van der Waals surface area contributed by atoms with Gasteiger partial charge < -0.3 is 5.32 Å². The average molecular weight is 283 g/mol. The van der Waals surface area contributed by atoms with Gasteiger partial charge in [0.05, 0.1) is 0 Å². The molecule has 1 aromatic heterocycles. The molecule has 6 heteroatoms. The molecule has 0 aromatic carbocycles. The summed E-state index contributed by atoms with van der Waals surface area (Å²) in [5.41, 5.74) is 0. The molecule has 1 saturated carbocycles. The van der Waals surface area contributed by atoms with Crippen LogP contribution in [-0.2, 0) is 10.0 Å². The number of sulfonamides is 1. The zero-order valence-electron chi connectivity index (χ0n) is 11.2. The van der Waals surface area contributed by atoms with E-state index in [1.54, 1.807) is 18.3 Å². The van der Waals surface area contributed by atoms with Crippen molar-refractivity contribution in [1.29, 1.82) is 0 Å². The lowest BCUT2D eigenvalue weighted by Crippen LogP contribution is -2.28. The number of hydrogen-bond donors (Lipinski definition) is 2. The molecule has 0 saturated heterocycles. The highest BCUT2D eigenvalue weighted by Crippen LogP contribution is 2.29. The molecule has 0 bridgehead atoms. The summed E-state index contributed by atoms with van der Waals surface area (Å²) in [6.07, 6.45) is 6.26. The fraction of sp³-hybridized carbons (Fsp3) is 0.615. The summed E-state index contributed by atoms with van der Waals surface area (Å²) < 4.78 is 27.1. The molecule has 0 radical (unpaired) electrons. The molecule has 1 aliphatic carbocycles. The second-order valence-electron chi connectivity index (χ2n) is 4.86. The minimum absolute atomic E-state index is 0.227. The first-order chi connectivity index (χ1) is 9.13. The van der Waals surface area contributed by atoms with Gasteiger partial charge in [0.15, 0.2) is 0 Å². The van der Waals surface area contributed by atoms with Crippen LogP contribution in [0.3, 0.4) is 0 Å².